The van der Waals surface area contributed by atoms with Crippen LogP contribution in [0.4, 0.5) is 0 Å². The van der Waals surface area contributed by atoms with Crippen molar-refractivity contribution in [3.8, 4) is 0 Å². The van der Waals surface area contributed by atoms with Crippen molar-refractivity contribution in [3.05, 3.63) is 35.9 Å². The molecule has 3 aliphatic rings. The Balaban J connectivity index is 1.44. The molecule has 0 N–H and O–H groups in total. The summed E-state index contributed by atoms with van der Waals surface area (Å²) in [5.74, 6) is 1.36. The molecule has 5 rings (SSSR count). The van der Waals surface area contributed by atoms with Crippen molar-refractivity contribution in [2.24, 2.45) is 0 Å². The molecule has 27 heavy (non-hydrogen) atoms. The smallest absolute Gasteiger partial charge is 0.275 e. The number of fused-ring (bicyclic) bond motifs is 1. The fourth-order valence-corrected chi connectivity index (χ4v) is 4.25. The molecule has 3 fully saturated rings. The van der Waals surface area contributed by atoms with Crippen molar-refractivity contribution in [2.75, 3.05) is 32.8 Å². The molecule has 0 aromatic carbocycles. The Morgan fingerprint density at radius 3 is 2.67 bits per heavy atom. The summed E-state index contributed by atoms with van der Waals surface area (Å²) < 4.78 is 7.39. The van der Waals surface area contributed by atoms with Gasteiger partial charge in [-0.3, -0.25) is 9.59 Å². The highest BCUT2D eigenvalue weighted by atomic mass is 16.5. The lowest BCUT2D eigenvalue weighted by Gasteiger charge is -2.32. The fraction of sp³-hybridized carbons (Fsp3) is 0.550. The Hall–Kier alpha value is -2.41. The summed E-state index contributed by atoms with van der Waals surface area (Å²) >= 11 is 0. The zero-order chi connectivity index (χ0) is 18.4. The Morgan fingerprint density at radius 1 is 1.07 bits per heavy atom. The lowest BCUT2D eigenvalue weighted by atomic mass is 10.1. The number of morpholine rings is 1. The highest BCUT2D eigenvalue weighted by Crippen LogP contribution is 2.40. The minimum Gasteiger partial charge on any atom is -0.378 e. The van der Waals surface area contributed by atoms with Gasteiger partial charge in [-0.1, -0.05) is 6.07 Å². The maximum absolute atomic E-state index is 13.4. The average Bonchev–Trinajstić information content (AvgIpc) is 3.31. The number of hydrogen-bond acceptors (Lipinski definition) is 4. The Kier molecular flexibility index (Phi) is 4.11. The number of rotatable bonds is 3. The number of hydrogen-bond donors (Lipinski definition) is 0. The second-order valence-corrected chi connectivity index (χ2v) is 7.64. The molecule has 2 aliphatic heterocycles. The maximum atomic E-state index is 13.4. The summed E-state index contributed by atoms with van der Waals surface area (Å²) in [5, 5.41) is 0. The van der Waals surface area contributed by atoms with Crippen LogP contribution in [-0.2, 0) is 9.53 Å². The summed E-state index contributed by atoms with van der Waals surface area (Å²) in [7, 11) is 0. The predicted octanol–water partition coefficient (Wildman–Crippen LogP) is 1.68. The van der Waals surface area contributed by atoms with Crippen LogP contribution in [0.15, 0.2) is 24.4 Å². The third-order valence-corrected chi connectivity index (χ3v) is 5.84. The van der Waals surface area contributed by atoms with Gasteiger partial charge in [0.15, 0.2) is 5.69 Å². The summed E-state index contributed by atoms with van der Waals surface area (Å²) in [6.45, 7) is 2.98. The van der Waals surface area contributed by atoms with Gasteiger partial charge in [0.2, 0.25) is 5.91 Å². The minimum absolute atomic E-state index is 0.0510. The Morgan fingerprint density at radius 2 is 1.89 bits per heavy atom. The van der Waals surface area contributed by atoms with Crippen molar-refractivity contribution in [1.29, 1.82) is 0 Å². The van der Waals surface area contributed by atoms with Crippen LogP contribution in [0.25, 0.3) is 5.52 Å². The van der Waals surface area contributed by atoms with E-state index in [-0.39, 0.29) is 17.9 Å². The van der Waals surface area contributed by atoms with Crippen LogP contribution in [-0.4, -0.2) is 69.9 Å². The van der Waals surface area contributed by atoms with Gasteiger partial charge in [-0.2, -0.15) is 0 Å². The van der Waals surface area contributed by atoms with E-state index in [9.17, 15) is 9.59 Å². The largest absolute Gasteiger partial charge is 0.378 e. The van der Waals surface area contributed by atoms with E-state index in [1.54, 1.807) is 4.90 Å². The van der Waals surface area contributed by atoms with Crippen molar-refractivity contribution >= 4 is 17.3 Å². The standard InChI is InChI=1S/C20H24N4O3/c25-19(22-10-12-27-13-11-22)16-5-3-9-24(16)20(26)17-15-4-1-2-8-23(15)18(21-17)14-6-7-14/h1-2,4,8,14,16H,3,5-7,9-13H2. The molecule has 1 atom stereocenters. The van der Waals surface area contributed by atoms with E-state index in [4.69, 9.17) is 9.72 Å². The number of amides is 2. The fourth-order valence-electron chi connectivity index (χ4n) is 4.25. The quantitative estimate of drug-likeness (QED) is 0.827. The molecule has 7 heteroatoms. The molecule has 0 bridgehead atoms. The number of nitrogens with zero attached hydrogens (tertiary/aromatic N) is 4. The molecule has 1 saturated carbocycles. The van der Waals surface area contributed by atoms with Crippen LogP contribution >= 0.6 is 0 Å². The molecular weight excluding hydrogens is 344 g/mol. The van der Waals surface area contributed by atoms with Crippen molar-refractivity contribution in [1.82, 2.24) is 19.2 Å². The van der Waals surface area contributed by atoms with Crippen LogP contribution in [0, 0.1) is 0 Å². The van der Waals surface area contributed by atoms with E-state index in [0.29, 0.717) is 44.5 Å². The summed E-state index contributed by atoms with van der Waals surface area (Å²) in [6.07, 6.45) is 5.82. The highest BCUT2D eigenvalue weighted by molar-refractivity contribution is 6.01. The van der Waals surface area contributed by atoms with Gasteiger partial charge in [0, 0.05) is 31.7 Å². The second kappa shape index (κ2) is 6.64. The highest BCUT2D eigenvalue weighted by Gasteiger charge is 2.39. The molecular formula is C20H24N4O3. The first-order valence-electron chi connectivity index (χ1n) is 9.88. The number of ether oxygens (including phenoxy) is 1. The summed E-state index contributed by atoms with van der Waals surface area (Å²) in [6, 6.07) is 5.47. The van der Waals surface area contributed by atoms with E-state index in [1.165, 1.54) is 0 Å². The van der Waals surface area contributed by atoms with E-state index in [2.05, 4.69) is 0 Å². The van der Waals surface area contributed by atoms with Crippen LogP contribution in [0.1, 0.15) is 47.9 Å². The molecule has 2 saturated heterocycles. The molecule has 142 valence electrons. The zero-order valence-corrected chi connectivity index (χ0v) is 15.3. The molecule has 2 aromatic heterocycles. The molecule has 2 aromatic rings. The monoisotopic (exact) mass is 368 g/mol. The van der Waals surface area contributed by atoms with Gasteiger partial charge in [-0.05, 0) is 37.8 Å². The van der Waals surface area contributed by atoms with Crippen LogP contribution < -0.4 is 0 Å². The topological polar surface area (TPSA) is 67.2 Å². The van der Waals surface area contributed by atoms with Gasteiger partial charge in [0.1, 0.15) is 11.9 Å². The molecule has 7 nitrogen and oxygen atoms in total. The number of carbonyl (C=O) groups is 2. The zero-order valence-electron chi connectivity index (χ0n) is 15.3. The number of carbonyl (C=O) groups excluding carboxylic acids is 2. The lowest BCUT2D eigenvalue weighted by Crippen LogP contribution is -2.51. The normalized spacial score (nSPS) is 23.2. The molecule has 0 radical (unpaired) electrons. The average molecular weight is 368 g/mol. The van der Waals surface area contributed by atoms with Gasteiger partial charge in [0.05, 0.1) is 18.7 Å². The molecule has 1 aliphatic carbocycles. The first kappa shape index (κ1) is 16.7. The summed E-state index contributed by atoms with van der Waals surface area (Å²) in [4.78, 5) is 34.7. The first-order valence-corrected chi connectivity index (χ1v) is 9.88. The van der Waals surface area contributed by atoms with Crippen LogP contribution in [0.3, 0.4) is 0 Å². The number of likely N-dealkylation sites (tertiary alicyclic amines) is 1. The number of pyridine rings is 1. The van der Waals surface area contributed by atoms with Gasteiger partial charge >= 0.3 is 0 Å². The third kappa shape index (κ3) is 2.90. The molecule has 4 heterocycles. The predicted molar refractivity (Wildman–Crippen MR) is 98.6 cm³/mol. The molecule has 0 spiro atoms. The van der Waals surface area contributed by atoms with Crippen LogP contribution in [0.5, 0.6) is 0 Å². The Bertz CT molecular complexity index is 882. The van der Waals surface area contributed by atoms with Crippen LogP contribution in [0.2, 0.25) is 0 Å². The number of imidazole rings is 1. The molecule has 1 unspecified atom stereocenters. The number of aromatic nitrogens is 2. The van der Waals surface area contributed by atoms with Crippen molar-refractivity contribution in [2.45, 2.75) is 37.6 Å². The van der Waals surface area contributed by atoms with Gasteiger partial charge in [-0.15, -0.1) is 0 Å². The van der Waals surface area contributed by atoms with E-state index in [1.807, 2.05) is 33.7 Å². The SMILES string of the molecule is O=C(C1CCCN1C(=O)c1nc(C2CC2)n2ccccc12)N1CCOCC1. The second-order valence-electron chi connectivity index (χ2n) is 7.64. The summed E-state index contributed by atoms with van der Waals surface area (Å²) in [5.41, 5.74) is 1.33. The van der Waals surface area contributed by atoms with Crippen molar-refractivity contribution in [3.63, 3.8) is 0 Å². The maximum Gasteiger partial charge on any atom is 0.275 e. The van der Waals surface area contributed by atoms with Gasteiger partial charge in [0.25, 0.3) is 5.91 Å². The van der Waals surface area contributed by atoms with Gasteiger partial charge < -0.3 is 18.9 Å². The van der Waals surface area contributed by atoms with Crippen molar-refractivity contribution < 1.29 is 14.3 Å². The first-order chi connectivity index (χ1) is 13.2. The van der Waals surface area contributed by atoms with Gasteiger partial charge in [-0.25, -0.2) is 4.98 Å². The Labute approximate surface area is 157 Å². The van der Waals surface area contributed by atoms with E-state index >= 15 is 0 Å². The van der Waals surface area contributed by atoms with E-state index < -0.39 is 0 Å². The minimum atomic E-state index is -0.375. The molecule has 2 amide bonds. The lowest BCUT2D eigenvalue weighted by molar-refractivity contribution is -0.139. The van der Waals surface area contributed by atoms with E-state index in [0.717, 1.165) is 37.0 Å². The third-order valence-electron chi connectivity index (χ3n) is 5.84.